The van der Waals surface area contributed by atoms with Gasteiger partial charge in [0.05, 0.1) is 4.90 Å². The average molecular weight is 317 g/mol. The molecule has 20 heavy (non-hydrogen) atoms. The molecule has 0 bridgehead atoms. The third-order valence-corrected chi connectivity index (χ3v) is 6.21. The first-order valence-electron chi connectivity index (χ1n) is 6.96. The number of hydrogen-bond donors (Lipinski definition) is 1. The molecule has 2 unspecified atom stereocenters. The molecule has 4 nitrogen and oxygen atoms in total. The minimum Gasteiger partial charge on any atom is -0.329 e. The summed E-state index contributed by atoms with van der Waals surface area (Å²) < 4.78 is 27.0. The number of piperidine rings is 1. The zero-order valence-electron chi connectivity index (χ0n) is 11.6. The molecule has 0 amide bonds. The summed E-state index contributed by atoms with van der Waals surface area (Å²) in [5, 5.41) is 0.429. The number of nitrogens with two attached hydrogens (primary N) is 1. The van der Waals surface area contributed by atoms with Gasteiger partial charge < -0.3 is 5.73 Å². The second-order valence-corrected chi connectivity index (χ2v) is 7.59. The summed E-state index contributed by atoms with van der Waals surface area (Å²) in [5.74, 6) is 0.564. The molecule has 2 N–H and O–H groups in total. The Bertz CT molecular complexity index is 562. The number of rotatable bonds is 4. The molecule has 1 aromatic carbocycles. The van der Waals surface area contributed by atoms with Crippen LogP contribution in [0.2, 0.25) is 5.02 Å². The fraction of sp³-hybridized carbons (Fsp3) is 0.571. The SMILES string of the molecule is CCC1CCN(S(=O)(=O)c2cccc(Cl)c2)C(CN)C1. The quantitative estimate of drug-likeness (QED) is 0.928. The smallest absolute Gasteiger partial charge is 0.243 e. The summed E-state index contributed by atoms with van der Waals surface area (Å²) in [6.45, 7) is 3.03. The minimum absolute atomic E-state index is 0.113. The zero-order valence-corrected chi connectivity index (χ0v) is 13.2. The Balaban J connectivity index is 2.29. The van der Waals surface area contributed by atoms with E-state index in [1.54, 1.807) is 22.5 Å². The first-order chi connectivity index (χ1) is 9.48. The summed E-state index contributed by atoms with van der Waals surface area (Å²) >= 11 is 5.90. The van der Waals surface area contributed by atoms with E-state index in [-0.39, 0.29) is 10.9 Å². The Morgan fingerprint density at radius 2 is 2.20 bits per heavy atom. The fourth-order valence-electron chi connectivity index (χ4n) is 2.78. The third kappa shape index (κ3) is 3.17. The normalized spacial score (nSPS) is 24.8. The molecule has 0 aromatic heterocycles. The number of halogens is 1. The molecule has 1 aromatic rings. The van der Waals surface area contributed by atoms with E-state index in [9.17, 15) is 8.42 Å². The van der Waals surface area contributed by atoms with Crippen LogP contribution in [0.25, 0.3) is 0 Å². The van der Waals surface area contributed by atoms with Crippen LogP contribution in [0.3, 0.4) is 0 Å². The van der Waals surface area contributed by atoms with Crippen LogP contribution >= 0.6 is 11.6 Å². The van der Waals surface area contributed by atoms with E-state index in [4.69, 9.17) is 17.3 Å². The molecular formula is C14H21ClN2O2S. The van der Waals surface area contributed by atoms with Gasteiger partial charge in [0.2, 0.25) is 10.0 Å². The maximum Gasteiger partial charge on any atom is 0.243 e. The maximum absolute atomic E-state index is 12.7. The second-order valence-electron chi connectivity index (χ2n) is 5.26. The van der Waals surface area contributed by atoms with Gasteiger partial charge in [-0.2, -0.15) is 4.31 Å². The predicted molar refractivity (Wildman–Crippen MR) is 81.2 cm³/mol. The van der Waals surface area contributed by atoms with Crippen LogP contribution in [-0.4, -0.2) is 31.9 Å². The van der Waals surface area contributed by atoms with Gasteiger partial charge in [0.25, 0.3) is 0 Å². The Morgan fingerprint density at radius 1 is 1.45 bits per heavy atom. The van der Waals surface area contributed by atoms with Gasteiger partial charge in [-0.1, -0.05) is 31.0 Å². The van der Waals surface area contributed by atoms with Gasteiger partial charge in [-0.25, -0.2) is 8.42 Å². The van der Waals surface area contributed by atoms with E-state index < -0.39 is 10.0 Å². The van der Waals surface area contributed by atoms with Crippen molar-refractivity contribution in [1.82, 2.24) is 4.31 Å². The highest BCUT2D eigenvalue weighted by Crippen LogP contribution is 2.30. The van der Waals surface area contributed by atoms with Crippen LogP contribution < -0.4 is 5.73 Å². The van der Waals surface area contributed by atoms with Crippen LogP contribution in [0, 0.1) is 5.92 Å². The van der Waals surface area contributed by atoms with Crippen molar-refractivity contribution in [2.24, 2.45) is 11.7 Å². The molecule has 112 valence electrons. The van der Waals surface area contributed by atoms with Crippen LogP contribution in [0.5, 0.6) is 0 Å². The van der Waals surface area contributed by atoms with Crippen molar-refractivity contribution in [2.45, 2.75) is 37.1 Å². The molecule has 0 saturated carbocycles. The van der Waals surface area contributed by atoms with Crippen molar-refractivity contribution < 1.29 is 8.42 Å². The first kappa shape index (κ1) is 15.8. The summed E-state index contributed by atoms with van der Waals surface area (Å²) in [6, 6.07) is 6.30. The number of hydrogen-bond acceptors (Lipinski definition) is 3. The number of nitrogens with zero attached hydrogens (tertiary/aromatic N) is 1. The highest BCUT2D eigenvalue weighted by atomic mass is 35.5. The Labute approximate surface area is 126 Å². The van der Waals surface area contributed by atoms with Gasteiger partial charge in [0, 0.05) is 24.2 Å². The second kappa shape index (κ2) is 6.43. The lowest BCUT2D eigenvalue weighted by atomic mass is 9.90. The molecule has 1 fully saturated rings. The van der Waals surface area contributed by atoms with Crippen molar-refractivity contribution in [3.8, 4) is 0 Å². The topological polar surface area (TPSA) is 63.4 Å². The molecule has 1 aliphatic rings. The van der Waals surface area contributed by atoms with Crippen molar-refractivity contribution in [3.63, 3.8) is 0 Å². The van der Waals surface area contributed by atoms with Gasteiger partial charge in [-0.15, -0.1) is 0 Å². The van der Waals surface area contributed by atoms with Crippen molar-refractivity contribution in [2.75, 3.05) is 13.1 Å². The minimum atomic E-state index is -3.51. The average Bonchev–Trinajstić information content (AvgIpc) is 2.46. The van der Waals surface area contributed by atoms with Crippen molar-refractivity contribution in [1.29, 1.82) is 0 Å². The first-order valence-corrected chi connectivity index (χ1v) is 8.78. The van der Waals surface area contributed by atoms with Crippen LogP contribution in [0.15, 0.2) is 29.2 Å². The fourth-order valence-corrected chi connectivity index (χ4v) is 4.74. The molecule has 0 radical (unpaired) electrons. The van der Waals surface area contributed by atoms with E-state index >= 15 is 0 Å². The van der Waals surface area contributed by atoms with Crippen molar-refractivity contribution >= 4 is 21.6 Å². The number of sulfonamides is 1. The molecule has 2 rings (SSSR count). The Hall–Kier alpha value is -0.620. The van der Waals surface area contributed by atoms with E-state index in [1.807, 2.05) is 0 Å². The largest absolute Gasteiger partial charge is 0.329 e. The standard InChI is InChI=1S/C14H21ClN2O2S/c1-2-11-6-7-17(13(8-11)10-16)20(18,19)14-5-3-4-12(15)9-14/h3-5,9,11,13H,2,6-8,10,16H2,1H3. The Morgan fingerprint density at radius 3 is 2.80 bits per heavy atom. The van der Waals surface area contributed by atoms with E-state index in [0.29, 0.717) is 24.0 Å². The molecule has 0 aliphatic carbocycles. The summed E-state index contributed by atoms with van der Waals surface area (Å²) in [7, 11) is -3.51. The lowest BCUT2D eigenvalue weighted by Gasteiger charge is -2.37. The monoisotopic (exact) mass is 316 g/mol. The van der Waals surface area contributed by atoms with Crippen LogP contribution in [0.1, 0.15) is 26.2 Å². The molecule has 0 spiro atoms. The zero-order chi connectivity index (χ0) is 14.8. The van der Waals surface area contributed by atoms with Gasteiger partial charge in [0.1, 0.15) is 0 Å². The lowest BCUT2D eigenvalue weighted by Crippen LogP contribution is -2.49. The van der Waals surface area contributed by atoms with Gasteiger partial charge in [0.15, 0.2) is 0 Å². The molecule has 2 atom stereocenters. The lowest BCUT2D eigenvalue weighted by molar-refractivity contribution is 0.197. The predicted octanol–water partition coefficient (Wildman–Crippen LogP) is 2.48. The van der Waals surface area contributed by atoms with Crippen molar-refractivity contribution in [3.05, 3.63) is 29.3 Å². The van der Waals surface area contributed by atoms with E-state index in [2.05, 4.69) is 6.92 Å². The van der Waals surface area contributed by atoms with Crippen LogP contribution in [0.4, 0.5) is 0 Å². The summed E-state index contributed by atoms with van der Waals surface area (Å²) in [6.07, 6.45) is 2.81. The highest BCUT2D eigenvalue weighted by Gasteiger charge is 2.35. The molecular weight excluding hydrogens is 296 g/mol. The third-order valence-electron chi connectivity index (χ3n) is 4.02. The molecule has 1 aliphatic heterocycles. The van der Waals surface area contributed by atoms with E-state index in [0.717, 1.165) is 19.3 Å². The Kier molecular flexibility index (Phi) is 5.07. The molecule has 1 saturated heterocycles. The van der Waals surface area contributed by atoms with E-state index in [1.165, 1.54) is 6.07 Å². The molecule has 1 heterocycles. The summed E-state index contributed by atoms with van der Waals surface area (Å²) in [5.41, 5.74) is 5.78. The van der Waals surface area contributed by atoms with Gasteiger partial charge in [-0.3, -0.25) is 0 Å². The van der Waals surface area contributed by atoms with Gasteiger partial charge in [-0.05, 0) is 37.0 Å². The highest BCUT2D eigenvalue weighted by molar-refractivity contribution is 7.89. The maximum atomic E-state index is 12.7. The number of benzene rings is 1. The van der Waals surface area contributed by atoms with Gasteiger partial charge >= 0.3 is 0 Å². The molecule has 6 heteroatoms. The van der Waals surface area contributed by atoms with Crippen LogP contribution in [-0.2, 0) is 10.0 Å². The summed E-state index contributed by atoms with van der Waals surface area (Å²) in [4.78, 5) is 0.249.